The van der Waals surface area contributed by atoms with Gasteiger partial charge in [0, 0.05) is 62.3 Å². The first-order valence-electron chi connectivity index (χ1n) is 14.2. The number of carboxylic acids is 1. The van der Waals surface area contributed by atoms with Gasteiger partial charge in [-0.1, -0.05) is 26.0 Å². The van der Waals surface area contributed by atoms with E-state index in [9.17, 15) is 19.2 Å². The number of nitrogens with one attached hydrogen (secondary N) is 1. The summed E-state index contributed by atoms with van der Waals surface area (Å²) in [6.07, 6.45) is 4.69. The Morgan fingerprint density at radius 1 is 1.23 bits per heavy atom. The van der Waals surface area contributed by atoms with Crippen LogP contribution in [-0.2, 0) is 28.0 Å². The number of aliphatic hydroxyl groups is 1. The smallest absolute Gasteiger partial charge is 0.332 e. The molecule has 43 heavy (non-hydrogen) atoms. The number of aliphatic carboxylic acids is 1. The van der Waals surface area contributed by atoms with E-state index in [4.69, 9.17) is 15.2 Å². The molecule has 0 spiro atoms. The van der Waals surface area contributed by atoms with Crippen molar-refractivity contribution in [1.82, 2.24) is 24.8 Å². The largest absolute Gasteiger partial charge is 0.479 e. The number of hydrogen-bond acceptors (Lipinski definition) is 8. The number of rotatable bonds is 7. The van der Waals surface area contributed by atoms with Gasteiger partial charge in [0.2, 0.25) is 11.7 Å². The van der Waals surface area contributed by atoms with Crippen molar-refractivity contribution in [3.63, 3.8) is 0 Å². The first kappa shape index (κ1) is 31.7. The zero-order chi connectivity index (χ0) is 31.3. The van der Waals surface area contributed by atoms with Crippen LogP contribution < -0.4 is 10.2 Å². The third kappa shape index (κ3) is 7.81. The highest BCUT2D eigenvalue weighted by atomic mass is 19.1. The van der Waals surface area contributed by atoms with Crippen LogP contribution in [0.2, 0.25) is 0 Å². The molecule has 1 aromatic carbocycles. The van der Waals surface area contributed by atoms with Crippen molar-refractivity contribution < 1.29 is 24.2 Å². The zero-order valence-corrected chi connectivity index (χ0v) is 24.9. The first-order chi connectivity index (χ1) is 20.4. The molecule has 3 N–H and O–H groups in total. The Labute approximate surface area is 250 Å². The number of fused-ring (bicyclic) bond motifs is 1. The van der Waals surface area contributed by atoms with E-state index in [2.05, 4.69) is 48.1 Å². The van der Waals surface area contributed by atoms with Crippen molar-refractivity contribution >= 4 is 17.6 Å². The molecule has 11 nitrogen and oxygen atoms in total. The van der Waals surface area contributed by atoms with Gasteiger partial charge in [0.25, 0.3) is 0 Å². The molecule has 2 aliphatic heterocycles. The minimum absolute atomic E-state index is 0.0396. The summed E-state index contributed by atoms with van der Waals surface area (Å²) >= 11 is 0. The lowest BCUT2D eigenvalue weighted by Gasteiger charge is -2.39. The fourth-order valence-electron chi connectivity index (χ4n) is 5.40. The Bertz CT molecular complexity index is 1480. The third-order valence-electron chi connectivity index (χ3n) is 7.68. The molecule has 2 aliphatic rings. The first-order valence-corrected chi connectivity index (χ1v) is 14.2. The molecule has 0 aliphatic carbocycles. The molecule has 3 atom stereocenters. The number of pyridine rings is 1. The summed E-state index contributed by atoms with van der Waals surface area (Å²) in [5.41, 5.74) is 3.50. The molecule has 12 heteroatoms. The Hall–Kier alpha value is -4.18. The van der Waals surface area contributed by atoms with Gasteiger partial charge in [-0.15, -0.1) is 0 Å². The number of carboxylic acid groups (broad SMARTS) is 1. The van der Waals surface area contributed by atoms with E-state index < -0.39 is 12.1 Å². The Morgan fingerprint density at radius 3 is 2.58 bits per heavy atom. The molecule has 2 aromatic heterocycles. The van der Waals surface area contributed by atoms with Gasteiger partial charge in [-0.25, -0.2) is 14.2 Å². The SMILES string of the molecule is C[C@@H]1CN(CC(=O)N2CC(C)(C)c3ncc(Cc4ccc(F)cc4)cc32)[C@@H](Cn2ccnc2C#N)CN1.C[C@H](O)C(=O)O. The monoisotopic (exact) mass is 591 g/mol. The van der Waals surface area contributed by atoms with Gasteiger partial charge in [0.15, 0.2) is 0 Å². The van der Waals surface area contributed by atoms with E-state index in [0.717, 1.165) is 35.6 Å². The van der Waals surface area contributed by atoms with Crippen LogP contribution in [0.5, 0.6) is 0 Å². The summed E-state index contributed by atoms with van der Waals surface area (Å²) in [6.45, 7) is 10.4. The van der Waals surface area contributed by atoms with E-state index in [1.807, 2.05) is 21.9 Å². The van der Waals surface area contributed by atoms with Crippen molar-refractivity contribution in [2.75, 3.05) is 31.1 Å². The second-order valence-corrected chi connectivity index (χ2v) is 11.8. The normalized spacial score (nSPS) is 20.0. The molecular formula is C31H38FN7O4. The summed E-state index contributed by atoms with van der Waals surface area (Å²) in [5.74, 6) is -1.03. The van der Waals surface area contributed by atoms with Crippen LogP contribution in [-0.4, -0.2) is 85.9 Å². The average Bonchev–Trinajstić information content (AvgIpc) is 3.52. The summed E-state index contributed by atoms with van der Waals surface area (Å²) in [7, 11) is 0. The third-order valence-corrected chi connectivity index (χ3v) is 7.68. The van der Waals surface area contributed by atoms with Crippen LogP contribution in [0.3, 0.4) is 0 Å². The van der Waals surface area contributed by atoms with Crippen molar-refractivity contribution in [2.24, 2.45) is 0 Å². The minimum Gasteiger partial charge on any atom is -0.479 e. The molecule has 0 bridgehead atoms. The molecular weight excluding hydrogens is 553 g/mol. The van der Waals surface area contributed by atoms with Gasteiger partial charge < -0.3 is 25.0 Å². The van der Waals surface area contributed by atoms with E-state index in [0.29, 0.717) is 25.3 Å². The van der Waals surface area contributed by atoms with Crippen LogP contribution in [0, 0.1) is 17.1 Å². The van der Waals surface area contributed by atoms with Gasteiger partial charge in [0.1, 0.15) is 18.0 Å². The average molecular weight is 592 g/mol. The van der Waals surface area contributed by atoms with Gasteiger partial charge in [-0.05, 0) is 49.6 Å². The number of hydrogen-bond donors (Lipinski definition) is 3. The summed E-state index contributed by atoms with van der Waals surface area (Å²) in [4.78, 5) is 36.2. The summed E-state index contributed by atoms with van der Waals surface area (Å²) in [6, 6.07) is 11.0. The number of imidazole rings is 1. The molecule has 0 radical (unpaired) electrons. The predicted octanol–water partition coefficient (Wildman–Crippen LogP) is 2.32. The van der Waals surface area contributed by atoms with E-state index in [1.165, 1.54) is 19.1 Å². The number of aliphatic hydroxyl groups excluding tert-OH is 1. The fraction of sp³-hybridized carbons (Fsp3) is 0.452. The number of nitrogens with zero attached hydrogens (tertiary/aromatic N) is 6. The zero-order valence-electron chi connectivity index (χ0n) is 24.9. The Kier molecular flexibility index (Phi) is 9.91. The summed E-state index contributed by atoms with van der Waals surface area (Å²) in [5, 5.41) is 28.6. The number of benzene rings is 1. The van der Waals surface area contributed by atoms with Crippen LogP contribution in [0.25, 0.3) is 0 Å². The highest BCUT2D eigenvalue weighted by Crippen LogP contribution is 2.39. The lowest BCUT2D eigenvalue weighted by molar-refractivity contribution is -0.145. The molecule has 3 aromatic rings. The van der Waals surface area contributed by atoms with Gasteiger partial charge >= 0.3 is 5.97 Å². The van der Waals surface area contributed by atoms with Crippen molar-refractivity contribution in [3.05, 3.63) is 77.4 Å². The number of carbonyl (C=O) groups is 2. The van der Waals surface area contributed by atoms with Crippen molar-refractivity contribution in [3.8, 4) is 6.07 Å². The summed E-state index contributed by atoms with van der Waals surface area (Å²) < 4.78 is 15.2. The number of carbonyl (C=O) groups excluding carboxylic acids is 1. The van der Waals surface area contributed by atoms with E-state index >= 15 is 0 Å². The van der Waals surface area contributed by atoms with Gasteiger partial charge in [0.05, 0.1) is 17.9 Å². The molecule has 0 unspecified atom stereocenters. The topological polar surface area (TPSA) is 148 Å². The van der Waals surface area contributed by atoms with Crippen LogP contribution in [0.15, 0.2) is 48.9 Å². The maximum atomic E-state index is 13.8. The quantitative estimate of drug-likeness (QED) is 0.377. The Balaban J connectivity index is 0.000000641. The number of piperazine rings is 1. The highest BCUT2D eigenvalue weighted by molar-refractivity contribution is 5.97. The number of anilines is 1. The number of amides is 1. The lowest BCUT2D eigenvalue weighted by atomic mass is 9.91. The molecule has 1 fully saturated rings. The molecule has 5 rings (SSSR count). The predicted molar refractivity (Wildman–Crippen MR) is 158 cm³/mol. The molecule has 0 saturated carbocycles. The van der Waals surface area contributed by atoms with E-state index in [1.54, 1.807) is 18.3 Å². The maximum absolute atomic E-state index is 13.8. The second kappa shape index (κ2) is 13.4. The number of halogens is 1. The molecule has 4 heterocycles. The molecule has 1 amide bonds. The molecule has 228 valence electrons. The standard InChI is InChI=1S/C28H32FN7O.C3H6O3/c1-19-15-35(23(14-32-19)16-34-9-8-31-25(34)12-30)17-26(37)36-18-28(2,3)27-24(36)11-21(13-33-27)10-20-4-6-22(29)7-5-20;1-2(4)3(5)6/h4-9,11,13,19,23,32H,10,14-18H2,1-3H3;2,4H,1H3,(H,5,6)/t19-,23-;2-/m10/s1. The second-order valence-electron chi connectivity index (χ2n) is 11.8. The highest BCUT2D eigenvalue weighted by Gasteiger charge is 2.40. The minimum atomic E-state index is -1.23. The Morgan fingerprint density at radius 2 is 1.93 bits per heavy atom. The van der Waals surface area contributed by atoms with Crippen LogP contribution in [0.4, 0.5) is 10.1 Å². The van der Waals surface area contributed by atoms with Crippen LogP contribution in [0.1, 0.15) is 50.3 Å². The maximum Gasteiger partial charge on any atom is 0.332 e. The van der Waals surface area contributed by atoms with E-state index in [-0.39, 0.29) is 35.8 Å². The number of nitriles is 1. The number of aromatic nitrogens is 3. The van der Waals surface area contributed by atoms with Crippen molar-refractivity contribution in [2.45, 2.75) is 64.3 Å². The van der Waals surface area contributed by atoms with Gasteiger partial charge in [-0.2, -0.15) is 5.26 Å². The fourth-order valence-corrected chi connectivity index (χ4v) is 5.40. The van der Waals surface area contributed by atoms with Crippen LogP contribution >= 0.6 is 0 Å². The van der Waals surface area contributed by atoms with Gasteiger partial charge in [-0.3, -0.25) is 14.7 Å². The lowest BCUT2D eigenvalue weighted by Crippen LogP contribution is -2.59. The van der Waals surface area contributed by atoms with Crippen molar-refractivity contribution in [1.29, 1.82) is 5.26 Å². The molecule has 1 saturated heterocycles.